The van der Waals surface area contributed by atoms with Gasteiger partial charge in [0.25, 0.3) is 0 Å². The van der Waals surface area contributed by atoms with Gasteiger partial charge < -0.3 is 15.8 Å². The first-order valence-electron chi connectivity index (χ1n) is 6.04. The van der Waals surface area contributed by atoms with Gasteiger partial charge in [0, 0.05) is 20.1 Å². The average Bonchev–Trinajstić information content (AvgIpc) is 2.81. The Kier molecular flexibility index (Phi) is 6.77. The highest BCUT2D eigenvalue weighted by atomic mass is 32.1. The van der Waals surface area contributed by atoms with Gasteiger partial charge in [-0.3, -0.25) is 4.79 Å². The molecule has 0 bridgehead atoms. The number of carbonyl (C=O) groups excluding carboxylic acids is 1. The minimum atomic E-state index is -0.252. The molecule has 7 heteroatoms. The van der Waals surface area contributed by atoms with E-state index in [4.69, 9.17) is 10.5 Å². The highest BCUT2D eigenvalue weighted by Crippen LogP contribution is 2.17. The average molecular weight is 272 g/mol. The van der Waals surface area contributed by atoms with Crippen molar-refractivity contribution in [1.29, 1.82) is 0 Å². The zero-order valence-corrected chi connectivity index (χ0v) is 11.6. The number of anilines is 1. The molecular weight excluding hydrogens is 252 g/mol. The first-order valence-corrected chi connectivity index (χ1v) is 6.86. The van der Waals surface area contributed by atoms with Gasteiger partial charge in [0.05, 0.1) is 12.5 Å². The van der Waals surface area contributed by atoms with Gasteiger partial charge in [0.2, 0.25) is 11.0 Å². The van der Waals surface area contributed by atoms with Gasteiger partial charge in [-0.15, -0.1) is 10.2 Å². The molecule has 0 aliphatic heterocycles. The summed E-state index contributed by atoms with van der Waals surface area (Å²) in [4.78, 5) is 11.7. The standard InChI is InChI=1S/C11H20N4O2S/c1-3-4-5-10-14-15-11(18-10)13-9(16)6-8(7-12)17-2/h8H,3-7,12H2,1-2H3,(H,13,15,16). The largest absolute Gasteiger partial charge is 0.380 e. The van der Waals surface area contributed by atoms with E-state index >= 15 is 0 Å². The number of nitrogens with zero attached hydrogens (tertiary/aromatic N) is 2. The third-order valence-corrected chi connectivity index (χ3v) is 3.37. The summed E-state index contributed by atoms with van der Waals surface area (Å²) in [5.74, 6) is -0.148. The van der Waals surface area contributed by atoms with Crippen LogP contribution in [0.2, 0.25) is 0 Å². The predicted molar refractivity (Wildman–Crippen MR) is 71.6 cm³/mol. The SMILES string of the molecule is CCCCc1nnc(NC(=O)CC(CN)OC)s1. The highest BCUT2D eigenvalue weighted by molar-refractivity contribution is 7.15. The summed E-state index contributed by atoms with van der Waals surface area (Å²) < 4.78 is 5.05. The Morgan fingerprint density at radius 2 is 2.33 bits per heavy atom. The lowest BCUT2D eigenvalue weighted by Gasteiger charge is -2.11. The molecule has 0 aliphatic rings. The van der Waals surface area contributed by atoms with Crippen molar-refractivity contribution < 1.29 is 9.53 Å². The van der Waals surface area contributed by atoms with Crippen LogP contribution in [0.5, 0.6) is 0 Å². The molecule has 0 saturated carbocycles. The number of nitrogens with two attached hydrogens (primary N) is 1. The second-order valence-corrected chi connectivity index (χ2v) is 5.01. The third kappa shape index (κ3) is 5.07. The van der Waals surface area contributed by atoms with E-state index in [1.165, 1.54) is 11.3 Å². The van der Waals surface area contributed by atoms with Crippen molar-refractivity contribution in [3.05, 3.63) is 5.01 Å². The van der Waals surface area contributed by atoms with Crippen LogP contribution in [0.15, 0.2) is 0 Å². The van der Waals surface area contributed by atoms with Crippen LogP contribution in [0.4, 0.5) is 5.13 Å². The molecular formula is C11H20N4O2S. The Morgan fingerprint density at radius 3 is 2.94 bits per heavy atom. The Bertz CT molecular complexity index is 366. The van der Waals surface area contributed by atoms with Crippen LogP contribution in [0.25, 0.3) is 0 Å². The van der Waals surface area contributed by atoms with Crippen molar-refractivity contribution in [2.45, 2.75) is 38.7 Å². The monoisotopic (exact) mass is 272 g/mol. The van der Waals surface area contributed by atoms with Crippen LogP contribution in [-0.4, -0.2) is 35.9 Å². The summed E-state index contributed by atoms with van der Waals surface area (Å²) in [5, 5.41) is 12.2. The molecule has 0 aliphatic carbocycles. The first-order chi connectivity index (χ1) is 8.69. The molecule has 102 valence electrons. The summed E-state index contributed by atoms with van der Waals surface area (Å²) in [6.07, 6.45) is 3.09. The van der Waals surface area contributed by atoms with Crippen molar-refractivity contribution in [3.8, 4) is 0 Å². The lowest BCUT2D eigenvalue weighted by molar-refractivity contribution is -0.118. The van der Waals surface area contributed by atoms with Gasteiger partial charge in [0.1, 0.15) is 5.01 Å². The zero-order valence-electron chi connectivity index (χ0n) is 10.8. The van der Waals surface area contributed by atoms with E-state index < -0.39 is 0 Å². The maximum Gasteiger partial charge on any atom is 0.228 e. The van der Waals surface area contributed by atoms with Crippen LogP contribution >= 0.6 is 11.3 Å². The molecule has 6 nitrogen and oxygen atoms in total. The van der Waals surface area contributed by atoms with Gasteiger partial charge in [-0.2, -0.15) is 0 Å². The van der Waals surface area contributed by atoms with Crippen molar-refractivity contribution in [2.24, 2.45) is 5.73 Å². The predicted octanol–water partition coefficient (Wildman–Crippen LogP) is 1.18. The molecule has 0 aromatic carbocycles. The summed E-state index contributed by atoms with van der Waals surface area (Å²) >= 11 is 1.42. The van der Waals surface area contributed by atoms with Crippen LogP contribution in [-0.2, 0) is 16.0 Å². The number of rotatable bonds is 8. The molecule has 0 spiro atoms. The van der Waals surface area contributed by atoms with E-state index in [1.54, 1.807) is 7.11 Å². The third-order valence-electron chi connectivity index (χ3n) is 2.47. The van der Waals surface area contributed by atoms with E-state index in [1.807, 2.05) is 0 Å². The Labute approximate surface area is 111 Å². The number of methoxy groups -OCH3 is 1. The zero-order chi connectivity index (χ0) is 13.4. The van der Waals surface area contributed by atoms with Gasteiger partial charge in [-0.05, 0) is 6.42 Å². The second kappa shape index (κ2) is 8.12. The number of aromatic nitrogens is 2. The molecule has 1 atom stereocenters. The number of hydrogen-bond acceptors (Lipinski definition) is 6. The molecule has 3 N–H and O–H groups in total. The van der Waals surface area contributed by atoms with Crippen molar-refractivity contribution in [1.82, 2.24) is 10.2 Å². The lowest BCUT2D eigenvalue weighted by atomic mass is 10.2. The molecule has 1 unspecified atom stereocenters. The Hall–Kier alpha value is -1.05. The van der Waals surface area contributed by atoms with Gasteiger partial charge in [0.15, 0.2) is 0 Å². The molecule has 1 heterocycles. The van der Waals surface area contributed by atoms with Crippen LogP contribution in [0.3, 0.4) is 0 Å². The topological polar surface area (TPSA) is 90.1 Å². The van der Waals surface area contributed by atoms with Crippen molar-refractivity contribution >= 4 is 22.4 Å². The maximum absolute atomic E-state index is 11.7. The molecule has 1 aromatic heterocycles. The summed E-state index contributed by atoms with van der Waals surface area (Å²) in [6.45, 7) is 2.45. The van der Waals surface area contributed by atoms with E-state index in [2.05, 4.69) is 22.4 Å². The van der Waals surface area contributed by atoms with Gasteiger partial charge >= 0.3 is 0 Å². The lowest BCUT2D eigenvalue weighted by Crippen LogP contribution is -2.28. The molecule has 0 saturated heterocycles. The summed E-state index contributed by atoms with van der Waals surface area (Å²) in [7, 11) is 1.54. The molecule has 1 amide bonds. The second-order valence-electron chi connectivity index (χ2n) is 3.95. The smallest absolute Gasteiger partial charge is 0.228 e. The van der Waals surface area contributed by atoms with E-state index in [0.717, 1.165) is 24.3 Å². The van der Waals surface area contributed by atoms with Crippen LogP contribution in [0, 0.1) is 0 Å². The minimum Gasteiger partial charge on any atom is -0.380 e. The fourth-order valence-electron chi connectivity index (χ4n) is 1.37. The number of hydrogen-bond donors (Lipinski definition) is 2. The number of nitrogens with one attached hydrogen (secondary N) is 1. The van der Waals surface area contributed by atoms with E-state index in [-0.39, 0.29) is 18.4 Å². The first kappa shape index (κ1) is 15.0. The summed E-state index contributed by atoms with van der Waals surface area (Å²) in [5.41, 5.74) is 5.45. The van der Waals surface area contributed by atoms with Crippen LogP contribution in [0.1, 0.15) is 31.2 Å². The number of ether oxygens (including phenoxy) is 1. The number of amides is 1. The van der Waals surface area contributed by atoms with Gasteiger partial charge in [-0.25, -0.2) is 0 Å². The summed E-state index contributed by atoms with van der Waals surface area (Å²) in [6, 6.07) is 0. The fraction of sp³-hybridized carbons (Fsp3) is 0.727. The van der Waals surface area contributed by atoms with E-state index in [0.29, 0.717) is 11.7 Å². The fourth-order valence-corrected chi connectivity index (χ4v) is 2.17. The Morgan fingerprint density at radius 1 is 1.56 bits per heavy atom. The minimum absolute atomic E-state index is 0.148. The quantitative estimate of drug-likeness (QED) is 0.741. The molecule has 18 heavy (non-hydrogen) atoms. The van der Waals surface area contributed by atoms with E-state index in [9.17, 15) is 4.79 Å². The van der Waals surface area contributed by atoms with Crippen molar-refractivity contribution in [3.63, 3.8) is 0 Å². The Balaban J connectivity index is 2.41. The maximum atomic E-state index is 11.7. The molecule has 0 radical (unpaired) electrons. The molecule has 1 rings (SSSR count). The number of carbonyl (C=O) groups is 1. The normalized spacial score (nSPS) is 12.4. The number of aryl methyl sites for hydroxylation is 1. The van der Waals surface area contributed by atoms with Crippen molar-refractivity contribution in [2.75, 3.05) is 19.0 Å². The highest BCUT2D eigenvalue weighted by Gasteiger charge is 2.13. The number of unbranched alkanes of at least 4 members (excludes halogenated alkanes) is 1. The molecule has 0 fully saturated rings. The molecule has 1 aromatic rings. The van der Waals surface area contributed by atoms with Gasteiger partial charge in [-0.1, -0.05) is 24.7 Å². The van der Waals surface area contributed by atoms with Crippen LogP contribution < -0.4 is 11.1 Å².